The molecule has 280 valence electrons. The number of ether oxygens (including phenoxy) is 4. The van der Waals surface area contributed by atoms with Gasteiger partial charge in [0.1, 0.15) is 12.2 Å². The van der Waals surface area contributed by atoms with Crippen molar-refractivity contribution in [1.29, 1.82) is 0 Å². The largest absolute Gasteiger partial charge is 0.457 e. The normalized spacial score (nSPS) is 16.8. The van der Waals surface area contributed by atoms with Crippen molar-refractivity contribution in [2.75, 3.05) is 19.8 Å². The van der Waals surface area contributed by atoms with Gasteiger partial charge >= 0.3 is 11.9 Å². The molecule has 0 aliphatic carbocycles. The highest BCUT2D eigenvalue weighted by Gasteiger charge is 2.50. The van der Waals surface area contributed by atoms with Crippen molar-refractivity contribution in [2.24, 2.45) is 0 Å². The predicted molar refractivity (Wildman–Crippen MR) is 221 cm³/mol. The van der Waals surface area contributed by atoms with Gasteiger partial charge in [-0.25, -0.2) is 9.59 Å². The second-order valence-corrected chi connectivity index (χ2v) is 20.1. The quantitative estimate of drug-likeness (QED) is 0.0263. The molecule has 0 spiro atoms. The number of benzene rings is 4. The molecular weight excluding hydrogens is 795 g/mol. The van der Waals surface area contributed by atoms with E-state index in [0.717, 1.165) is 25.9 Å². The second-order valence-electron chi connectivity index (χ2n) is 14.2. The number of rotatable bonds is 17. The molecule has 0 amide bonds. The lowest BCUT2D eigenvalue weighted by Crippen LogP contribution is -2.67. The Morgan fingerprint density at radius 3 is 1.83 bits per heavy atom. The van der Waals surface area contributed by atoms with Crippen molar-refractivity contribution in [2.45, 2.75) is 80.3 Å². The topological polar surface area (TPSA) is 80.3 Å². The lowest BCUT2D eigenvalue weighted by Gasteiger charge is -2.43. The van der Waals surface area contributed by atoms with Gasteiger partial charge in [0.05, 0.1) is 28.3 Å². The van der Waals surface area contributed by atoms with E-state index in [2.05, 4.69) is 91.9 Å². The highest BCUT2D eigenvalue weighted by atomic mass is 127. The molecule has 0 radical (unpaired) electrons. The zero-order valence-electron chi connectivity index (χ0n) is 30.9. The molecule has 0 bridgehead atoms. The first-order valence-electron chi connectivity index (χ1n) is 18.5. The Hall–Kier alpha value is -3.61. The van der Waals surface area contributed by atoms with E-state index in [1.54, 1.807) is 36.4 Å². The van der Waals surface area contributed by atoms with Gasteiger partial charge in [-0.2, -0.15) is 0 Å². The molecule has 0 aromatic heterocycles. The van der Waals surface area contributed by atoms with Crippen LogP contribution in [0.3, 0.4) is 0 Å². The summed E-state index contributed by atoms with van der Waals surface area (Å²) in [7, 11) is -2.89. The van der Waals surface area contributed by atoms with Gasteiger partial charge in [0.15, 0.2) is 6.29 Å². The van der Waals surface area contributed by atoms with E-state index < -0.39 is 32.5 Å². The summed E-state index contributed by atoms with van der Waals surface area (Å²) in [4.78, 5) is 27.0. The van der Waals surface area contributed by atoms with Crippen molar-refractivity contribution in [3.8, 4) is 0 Å². The zero-order valence-corrected chi connectivity index (χ0v) is 34.1. The number of carbonyl (C=O) groups excluding carboxylic acids is 2. The van der Waals surface area contributed by atoms with Gasteiger partial charge in [-0.15, -0.1) is 0 Å². The van der Waals surface area contributed by atoms with Crippen LogP contribution in [0.5, 0.6) is 0 Å². The van der Waals surface area contributed by atoms with Crippen molar-refractivity contribution in [1.82, 2.24) is 0 Å². The van der Waals surface area contributed by atoms with Crippen LogP contribution in [0.1, 0.15) is 73.6 Å². The van der Waals surface area contributed by atoms with Crippen molar-refractivity contribution < 1.29 is 33.0 Å². The molecule has 1 heterocycles. The van der Waals surface area contributed by atoms with Gasteiger partial charge in [-0.05, 0) is 71.4 Å². The Labute approximate surface area is 329 Å². The van der Waals surface area contributed by atoms with Gasteiger partial charge < -0.3 is 23.4 Å². The number of halogens is 1. The maximum absolute atomic E-state index is 13.6. The fraction of sp³-hybridized carbons (Fsp3) is 0.364. The third kappa shape index (κ3) is 11.4. The van der Waals surface area contributed by atoms with Gasteiger partial charge in [0.2, 0.25) is 0 Å². The molecule has 0 N–H and O–H groups in total. The summed E-state index contributed by atoms with van der Waals surface area (Å²) >= 11 is 2.34. The first kappa shape index (κ1) is 40.6. The molecule has 1 saturated heterocycles. The third-order valence-corrected chi connectivity index (χ3v) is 15.5. The molecule has 9 heteroatoms. The summed E-state index contributed by atoms with van der Waals surface area (Å²) in [5, 5.41) is 2.10. The molecular formula is C44H51IO7Si. The van der Waals surface area contributed by atoms with Crippen LogP contribution >= 0.6 is 22.6 Å². The van der Waals surface area contributed by atoms with Crippen LogP contribution in [0.25, 0.3) is 0 Å². The SMILES string of the molecule is CC(C)(C)[Si](OC[C@@H](I)[C@@H](C[C@@H](/C=C\CCOC1CCCCO1)OC(=O)c1ccccc1)OC(=O)c1ccccc1)(c1ccccc1)c1ccccc1. The van der Waals surface area contributed by atoms with E-state index in [0.29, 0.717) is 30.8 Å². The monoisotopic (exact) mass is 846 g/mol. The molecule has 1 fully saturated rings. The van der Waals surface area contributed by atoms with E-state index >= 15 is 0 Å². The lowest BCUT2D eigenvalue weighted by atomic mass is 10.1. The fourth-order valence-electron chi connectivity index (χ4n) is 6.66. The van der Waals surface area contributed by atoms with Crippen LogP contribution in [0.4, 0.5) is 0 Å². The highest BCUT2D eigenvalue weighted by molar-refractivity contribution is 14.1. The molecule has 5 rings (SSSR count). The first-order chi connectivity index (χ1) is 25.7. The Bertz CT molecular complexity index is 1670. The minimum absolute atomic E-state index is 0.180. The first-order valence-corrected chi connectivity index (χ1v) is 21.6. The van der Waals surface area contributed by atoms with Crippen molar-refractivity contribution in [3.63, 3.8) is 0 Å². The molecule has 1 aliphatic rings. The Balaban J connectivity index is 1.41. The zero-order chi connectivity index (χ0) is 37.5. The summed E-state index contributed by atoms with van der Waals surface area (Å²) < 4.78 is 31.1. The maximum Gasteiger partial charge on any atom is 0.338 e. The summed E-state index contributed by atoms with van der Waals surface area (Å²) in [5.41, 5.74) is 0.895. The third-order valence-electron chi connectivity index (χ3n) is 9.36. The summed E-state index contributed by atoms with van der Waals surface area (Å²) in [6, 6.07) is 38.8. The summed E-state index contributed by atoms with van der Waals surface area (Å²) in [6.45, 7) is 8.22. The van der Waals surface area contributed by atoms with E-state index in [1.807, 2.05) is 48.6 Å². The lowest BCUT2D eigenvalue weighted by molar-refractivity contribution is -0.161. The van der Waals surface area contributed by atoms with E-state index in [-0.39, 0.29) is 21.7 Å². The molecule has 0 saturated carbocycles. The Morgan fingerprint density at radius 2 is 1.32 bits per heavy atom. The van der Waals surface area contributed by atoms with Crippen LogP contribution in [0.15, 0.2) is 133 Å². The van der Waals surface area contributed by atoms with Gasteiger partial charge in [0.25, 0.3) is 8.32 Å². The number of carbonyl (C=O) groups is 2. The molecule has 1 aliphatic heterocycles. The predicted octanol–water partition coefficient (Wildman–Crippen LogP) is 8.70. The fourth-order valence-corrected chi connectivity index (χ4v) is 12.2. The smallest absolute Gasteiger partial charge is 0.338 e. The van der Waals surface area contributed by atoms with Crippen LogP contribution in [0, 0.1) is 0 Å². The van der Waals surface area contributed by atoms with Crippen LogP contribution in [-0.4, -0.2) is 62.5 Å². The van der Waals surface area contributed by atoms with Gasteiger partial charge in [-0.1, -0.05) is 146 Å². The molecule has 4 atom stereocenters. The minimum Gasteiger partial charge on any atom is -0.457 e. The van der Waals surface area contributed by atoms with Crippen LogP contribution < -0.4 is 10.4 Å². The number of alkyl halides is 1. The number of esters is 2. The van der Waals surface area contributed by atoms with E-state index in [4.69, 9.17) is 23.4 Å². The molecule has 7 nitrogen and oxygen atoms in total. The van der Waals surface area contributed by atoms with Crippen LogP contribution in [-0.2, 0) is 23.4 Å². The highest BCUT2D eigenvalue weighted by Crippen LogP contribution is 2.37. The average Bonchev–Trinajstić information content (AvgIpc) is 3.19. The average molecular weight is 847 g/mol. The van der Waals surface area contributed by atoms with E-state index in [1.165, 1.54) is 10.4 Å². The number of hydrogen-bond acceptors (Lipinski definition) is 7. The minimum atomic E-state index is -2.89. The molecule has 1 unspecified atom stereocenters. The van der Waals surface area contributed by atoms with Crippen LogP contribution in [0.2, 0.25) is 5.04 Å². The second kappa shape index (κ2) is 20.2. The van der Waals surface area contributed by atoms with Crippen molar-refractivity contribution >= 4 is 53.2 Å². The van der Waals surface area contributed by atoms with Gasteiger partial charge in [-0.3, -0.25) is 0 Å². The standard InChI is InChI=1S/C44H51IO7Si/c1-44(2,3)53(37-25-12-6-13-26-37,38-27-14-7-15-28-38)50-33-39(45)40(52-43(47)35-22-10-5-11-23-35)32-36(51-42(46)34-20-8-4-9-21-34)24-16-18-30-48-41-29-17-19-31-49-41/h4-16,20-28,36,39-41H,17-19,29-33H2,1-3H3/b24-16-/t36-,39-,40-,41?/m1/s1. The summed E-state index contributed by atoms with van der Waals surface area (Å²) in [5.74, 6) is -0.894. The molecule has 53 heavy (non-hydrogen) atoms. The molecule has 4 aromatic carbocycles. The summed E-state index contributed by atoms with van der Waals surface area (Å²) in [6.07, 6.45) is 6.20. The number of hydrogen-bond donors (Lipinski definition) is 0. The Kier molecular flexibility index (Phi) is 15.4. The van der Waals surface area contributed by atoms with Gasteiger partial charge in [0, 0.05) is 13.0 Å². The van der Waals surface area contributed by atoms with Crippen molar-refractivity contribution in [3.05, 3.63) is 145 Å². The van der Waals surface area contributed by atoms with E-state index in [9.17, 15) is 9.59 Å². The maximum atomic E-state index is 13.6. The Morgan fingerprint density at radius 1 is 0.792 bits per heavy atom. The molecule has 4 aromatic rings.